The number of rotatable bonds is 10. The zero-order valence-electron chi connectivity index (χ0n) is 22.4. The molecule has 200 valence electrons. The lowest BCUT2D eigenvalue weighted by molar-refractivity contribution is -0.118. The molecular formula is C30H33NO7. The summed E-state index contributed by atoms with van der Waals surface area (Å²) in [6.45, 7) is 6.83. The first-order chi connectivity index (χ1) is 18.4. The molecule has 8 heteroatoms. The maximum Gasteiger partial charge on any atom is 0.338 e. The van der Waals surface area contributed by atoms with Gasteiger partial charge >= 0.3 is 5.97 Å². The highest BCUT2D eigenvalue weighted by Crippen LogP contribution is 2.45. The fraction of sp³-hybridized carbons (Fsp3) is 0.333. The Morgan fingerprint density at radius 1 is 0.816 bits per heavy atom. The summed E-state index contributed by atoms with van der Waals surface area (Å²) >= 11 is 0. The summed E-state index contributed by atoms with van der Waals surface area (Å²) in [5.41, 5.74) is 3.68. The molecule has 1 heterocycles. The van der Waals surface area contributed by atoms with Crippen molar-refractivity contribution in [3.63, 3.8) is 0 Å². The fourth-order valence-electron chi connectivity index (χ4n) is 4.71. The summed E-state index contributed by atoms with van der Waals surface area (Å²) in [6.07, 6.45) is 0.186. The number of ether oxygens (including phenoxy) is 5. The van der Waals surface area contributed by atoms with Crippen molar-refractivity contribution < 1.29 is 33.3 Å². The molecule has 0 radical (unpaired) electrons. The molecular weight excluding hydrogens is 486 g/mol. The van der Waals surface area contributed by atoms with Crippen LogP contribution in [0.1, 0.15) is 53.9 Å². The Morgan fingerprint density at radius 2 is 1.47 bits per heavy atom. The van der Waals surface area contributed by atoms with Crippen LogP contribution in [0.4, 0.5) is 5.69 Å². The van der Waals surface area contributed by atoms with E-state index in [9.17, 15) is 9.59 Å². The van der Waals surface area contributed by atoms with Gasteiger partial charge < -0.3 is 28.6 Å². The van der Waals surface area contributed by atoms with Crippen molar-refractivity contribution in [2.45, 2.75) is 33.2 Å². The van der Waals surface area contributed by atoms with Gasteiger partial charge in [-0.2, -0.15) is 0 Å². The molecule has 8 nitrogen and oxygen atoms in total. The Kier molecular flexibility index (Phi) is 8.41. The quantitative estimate of drug-likeness (QED) is 0.334. The van der Waals surface area contributed by atoms with E-state index in [1.165, 1.54) is 0 Å². The molecule has 0 fully saturated rings. The van der Waals surface area contributed by atoms with Crippen LogP contribution in [0.3, 0.4) is 0 Å². The third kappa shape index (κ3) is 5.25. The van der Waals surface area contributed by atoms with Gasteiger partial charge in [0.05, 0.1) is 52.1 Å². The molecule has 38 heavy (non-hydrogen) atoms. The van der Waals surface area contributed by atoms with Gasteiger partial charge in [-0.15, -0.1) is 0 Å². The molecule has 1 aliphatic heterocycles. The topological polar surface area (TPSA) is 83.5 Å². The molecule has 1 unspecified atom stereocenters. The van der Waals surface area contributed by atoms with Crippen LogP contribution in [0.15, 0.2) is 54.6 Å². The maximum atomic E-state index is 13.7. The van der Waals surface area contributed by atoms with Crippen LogP contribution in [-0.2, 0) is 16.0 Å². The molecule has 1 amide bonds. The predicted molar refractivity (Wildman–Crippen MR) is 144 cm³/mol. The maximum absolute atomic E-state index is 13.7. The summed E-state index contributed by atoms with van der Waals surface area (Å²) in [4.78, 5) is 27.7. The molecule has 0 bridgehead atoms. The molecule has 0 saturated heterocycles. The monoisotopic (exact) mass is 519 g/mol. The van der Waals surface area contributed by atoms with Crippen LogP contribution in [0, 0.1) is 0 Å². The highest BCUT2D eigenvalue weighted by molar-refractivity contribution is 5.99. The number of hydrogen-bond donors (Lipinski definition) is 0. The van der Waals surface area contributed by atoms with Crippen LogP contribution in [0.2, 0.25) is 0 Å². The first kappa shape index (κ1) is 26.9. The van der Waals surface area contributed by atoms with E-state index in [2.05, 4.69) is 0 Å². The van der Waals surface area contributed by atoms with Crippen LogP contribution >= 0.6 is 0 Å². The van der Waals surface area contributed by atoms with Crippen molar-refractivity contribution in [1.82, 2.24) is 0 Å². The minimum atomic E-state index is -0.491. The average Bonchev–Trinajstić information content (AvgIpc) is 2.93. The van der Waals surface area contributed by atoms with Gasteiger partial charge in [0, 0.05) is 5.69 Å². The lowest BCUT2D eigenvalue weighted by Gasteiger charge is -2.38. The van der Waals surface area contributed by atoms with E-state index < -0.39 is 12.0 Å². The van der Waals surface area contributed by atoms with E-state index in [1.807, 2.05) is 44.2 Å². The van der Waals surface area contributed by atoms with Crippen molar-refractivity contribution in [3.8, 4) is 23.0 Å². The van der Waals surface area contributed by atoms with Gasteiger partial charge in [0.1, 0.15) is 0 Å². The standard InChI is InChI=1S/C30H33NO7/c1-6-36-26-16-21-17-28(32)31(22-12-9-19(10-13-22)30(33)38-8-3)29(23(21)18-27(26)37-7-2)20-11-14-24(34-4)25(15-20)35-5/h9-16,18,29H,6-8,17H2,1-5H3. The second-order valence-corrected chi connectivity index (χ2v) is 8.59. The molecule has 3 aromatic carbocycles. The van der Waals surface area contributed by atoms with E-state index in [1.54, 1.807) is 50.3 Å². The number of benzene rings is 3. The summed E-state index contributed by atoms with van der Waals surface area (Å²) < 4.78 is 27.9. The Hall–Kier alpha value is -4.20. The third-order valence-electron chi connectivity index (χ3n) is 6.35. The molecule has 1 aliphatic rings. The number of anilines is 1. The molecule has 1 atom stereocenters. The van der Waals surface area contributed by atoms with Crippen molar-refractivity contribution in [3.05, 3.63) is 76.9 Å². The molecule has 0 aromatic heterocycles. The van der Waals surface area contributed by atoms with Crippen LogP contribution in [0.5, 0.6) is 23.0 Å². The zero-order chi connectivity index (χ0) is 27.2. The van der Waals surface area contributed by atoms with Crippen LogP contribution < -0.4 is 23.8 Å². The largest absolute Gasteiger partial charge is 0.493 e. The summed E-state index contributed by atoms with van der Waals surface area (Å²) in [5.74, 6) is 1.87. The van der Waals surface area contributed by atoms with Crippen molar-refractivity contribution in [1.29, 1.82) is 0 Å². The normalized spacial score (nSPS) is 14.5. The smallest absolute Gasteiger partial charge is 0.338 e. The minimum Gasteiger partial charge on any atom is -0.493 e. The lowest BCUT2D eigenvalue weighted by Crippen LogP contribution is -2.41. The first-order valence-corrected chi connectivity index (χ1v) is 12.7. The Labute approximate surface area is 223 Å². The van der Waals surface area contributed by atoms with E-state index in [0.29, 0.717) is 47.5 Å². The Bertz CT molecular complexity index is 1300. The van der Waals surface area contributed by atoms with Gasteiger partial charge in [-0.1, -0.05) is 6.07 Å². The molecule has 0 saturated carbocycles. The highest BCUT2D eigenvalue weighted by atomic mass is 16.5. The van der Waals surface area contributed by atoms with Crippen LogP contribution in [0.25, 0.3) is 0 Å². The third-order valence-corrected chi connectivity index (χ3v) is 6.35. The van der Waals surface area contributed by atoms with Gasteiger partial charge in [-0.25, -0.2) is 4.79 Å². The van der Waals surface area contributed by atoms with E-state index in [-0.39, 0.29) is 18.9 Å². The molecule has 0 N–H and O–H groups in total. The number of amides is 1. The second kappa shape index (κ2) is 11.9. The number of methoxy groups -OCH3 is 2. The molecule has 3 aromatic rings. The second-order valence-electron chi connectivity index (χ2n) is 8.59. The van der Waals surface area contributed by atoms with Gasteiger partial charge in [0.15, 0.2) is 23.0 Å². The molecule has 0 spiro atoms. The fourth-order valence-corrected chi connectivity index (χ4v) is 4.71. The van der Waals surface area contributed by atoms with Crippen molar-refractivity contribution >= 4 is 17.6 Å². The van der Waals surface area contributed by atoms with Gasteiger partial charge in [0.25, 0.3) is 0 Å². The summed E-state index contributed by atoms with van der Waals surface area (Å²) in [7, 11) is 3.16. The van der Waals surface area contributed by atoms with E-state index in [0.717, 1.165) is 16.7 Å². The SMILES string of the molecule is CCOC(=O)c1ccc(N2C(=O)Cc3cc(OCC)c(OCC)cc3C2c2ccc(OC)c(OC)c2)cc1. The predicted octanol–water partition coefficient (Wildman–Crippen LogP) is 5.36. The Balaban J connectivity index is 1.89. The molecule has 4 rings (SSSR count). The average molecular weight is 520 g/mol. The Morgan fingerprint density at radius 3 is 2.08 bits per heavy atom. The van der Waals surface area contributed by atoms with Gasteiger partial charge in [-0.3, -0.25) is 4.79 Å². The summed E-state index contributed by atoms with van der Waals surface area (Å²) in [5, 5.41) is 0. The highest BCUT2D eigenvalue weighted by Gasteiger charge is 2.36. The van der Waals surface area contributed by atoms with Crippen LogP contribution in [-0.4, -0.2) is 45.9 Å². The summed E-state index contributed by atoms with van der Waals surface area (Å²) in [6, 6.07) is 15.9. The van der Waals surface area contributed by atoms with E-state index >= 15 is 0 Å². The zero-order valence-corrected chi connectivity index (χ0v) is 22.4. The van der Waals surface area contributed by atoms with Crippen molar-refractivity contribution in [2.75, 3.05) is 38.9 Å². The minimum absolute atomic E-state index is 0.0900. The number of carbonyl (C=O) groups excluding carboxylic acids is 2. The lowest BCUT2D eigenvalue weighted by atomic mass is 9.86. The van der Waals surface area contributed by atoms with Gasteiger partial charge in [0.2, 0.25) is 5.91 Å². The van der Waals surface area contributed by atoms with Gasteiger partial charge in [-0.05, 0) is 86.0 Å². The number of esters is 1. The number of nitrogens with zero attached hydrogens (tertiary/aromatic N) is 1. The number of fused-ring (bicyclic) bond motifs is 1. The van der Waals surface area contributed by atoms with E-state index in [4.69, 9.17) is 23.7 Å². The molecule has 0 aliphatic carbocycles. The number of hydrogen-bond acceptors (Lipinski definition) is 7. The first-order valence-electron chi connectivity index (χ1n) is 12.7. The number of carbonyl (C=O) groups is 2. The van der Waals surface area contributed by atoms with Crippen molar-refractivity contribution in [2.24, 2.45) is 0 Å².